The topological polar surface area (TPSA) is 98.6 Å². The average molecular weight is 463 g/mol. The van der Waals surface area contributed by atoms with Crippen molar-refractivity contribution in [3.05, 3.63) is 28.4 Å². The monoisotopic (exact) mass is 462 g/mol. The number of piperazine rings is 1. The Morgan fingerprint density at radius 2 is 1.83 bits per heavy atom. The molecule has 9 heteroatoms. The largest absolute Gasteiger partial charge is 0.351 e. The number of fused-ring (bicyclic) bond motifs is 1. The van der Waals surface area contributed by atoms with Crippen molar-refractivity contribution < 1.29 is 9.59 Å². The summed E-state index contributed by atoms with van der Waals surface area (Å²) in [6.07, 6.45) is 4.97. The van der Waals surface area contributed by atoms with Gasteiger partial charge in [0.05, 0.1) is 11.7 Å². The average Bonchev–Trinajstić information content (AvgIpc) is 3.21. The molecule has 2 saturated heterocycles. The van der Waals surface area contributed by atoms with Crippen molar-refractivity contribution in [2.75, 3.05) is 39.3 Å². The van der Waals surface area contributed by atoms with E-state index in [-0.39, 0.29) is 11.9 Å². The number of likely N-dealkylation sites (tertiary alicyclic amines) is 1. The van der Waals surface area contributed by atoms with E-state index in [9.17, 15) is 9.59 Å². The molecule has 3 amide bonds. The number of piperidine rings is 1. The van der Waals surface area contributed by atoms with E-state index in [1.54, 1.807) is 11.1 Å². The maximum atomic E-state index is 12.7. The highest BCUT2D eigenvalue weighted by Crippen LogP contribution is 2.25. The number of carbonyl (C=O) groups excluding carboxylic acids is 2. The van der Waals surface area contributed by atoms with Crippen molar-refractivity contribution in [1.29, 1.82) is 0 Å². The predicted molar refractivity (Wildman–Crippen MR) is 114 cm³/mol. The summed E-state index contributed by atoms with van der Waals surface area (Å²) in [5.41, 5.74) is 7.49. The predicted octanol–water partition coefficient (Wildman–Crippen LogP) is 1.95. The maximum Gasteiger partial charge on any atom is 0.314 e. The van der Waals surface area contributed by atoms with Crippen LogP contribution in [0, 0.1) is 0 Å². The first-order chi connectivity index (χ1) is 14.0. The SMILES string of the molecule is NC(=O)N1CCC(N2CCN(C(=O)CCc3cc(Br)c4[nH]ncc4c3)CC2)CC1. The second kappa shape index (κ2) is 8.71. The molecule has 4 rings (SSSR count). The van der Waals surface area contributed by atoms with Gasteiger partial charge >= 0.3 is 6.03 Å². The van der Waals surface area contributed by atoms with Crippen LogP contribution in [0.5, 0.6) is 0 Å². The zero-order valence-electron chi connectivity index (χ0n) is 16.4. The van der Waals surface area contributed by atoms with Crippen molar-refractivity contribution in [2.45, 2.75) is 31.7 Å². The number of rotatable bonds is 4. The Balaban J connectivity index is 1.24. The number of nitrogens with zero attached hydrogens (tertiary/aromatic N) is 4. The molecule has 29 heavy (non-hydrogen) atoms. The van der Waals surface area contributed by atoms with Gasteiger partial charge in [-0.2, -0.15) is 5.10 Å². The zero-order valence-corrected chi connectivity index (χ0v) is 18.0. The van der Waals surface area contributed by atoms with Crippen molar-refractivity contribution in [3.8, 4) is 0 Å². The fourth-order valence-corrected chi connectivity index (χ4v) is 5.03. The molecule has 3 N–H and O–H groups in total. The third-order valence-electron chi connectivity index (χ3n) is 6.15. The van der Waals surface area contributed by atoms with E-state index in [1.165, 1.54) is 0 Å². The van der Waals surface area contributed by atoms with E-state index in [0.717, 1.165) is 79.5 Å². The summed E-state index contributed by atoms with van der Waals surface area (Å²) in [6, 6.07) is 4.32. The van der Waals surface area contributed by atoms with Gasteiger partial charge in [0, 0.05) is 61.6 Å². The minimum absolute atomic E-state index is 0.219. The molecule has 156 valence electrons. The number of carbonyl (C=O) groups is 2. The number of nitrogens with one attached hydrogen (secondary N) is 1. The zero-order chi connectivity index (χ0) is 20.4. The number of hydrogen-bond acceptors (Lipinski definition) is 4. The van der Waals surface area contributed by atoms with E-state index in [0.29, 0.717) is 12.5 Å². The molecular weight excluding hydrogens is 436 g/mol. The van der Waals surface area contributed by atoms with Gasteiger partial charge < -0.3 is 15.5 Å². The maximum absolute atomic E-state index is 12.7. The van der Waals surface area contributed by atoms with E-state index in [2.05, 4.69) is 43.2 Å². The standard InChI is InChI=1S/C20H27BrN6O2/c21-17-12-14(11-15-13-23-24-19(15)17)1-2-18(28)26-9-7-25(8-10-26)16-3-5-27(6-4-16)20(22)29/h11-13,16H,1-10H2,(H2,22,29)(H,23,24). The second-order valence-electron chi connectivity index (χ2n) is 7.89. The number of aromatic amines is 1. The molecule has 0 saturated carbocycles. The number of urea groups is 1. The van der Waals surface area contributed by atoms with Crippen molar-refractivity contribution in [3.63, 3.8) is 0 Å². The molecule has 0 spiro atoms. The van der Waals surface area contributed by atoms with Crippen LogP contribution in [-0.4, -0.2) is 82.1 Å². The fourth-order valence-electron chi connectivity index (χ4n) is 4.41. The molecule has 2 aromatic rings. The molecule has 1 aromatic carbocycles. The number of nitrogens with two attached hydrogens (primary N) is 1. The number of hydrogen-bond donors (Lipinski definition) is 2. The van der Waals surface area contributed by atoms with Crippen LogP contribution < -0.4 is 5.73 Å². The first-order valence-corrected chi connectivity index (χ1v) is 11.0. The summed E-state index contributed by atoms with van der Waals surface area (Å²) in [4.78, 5) is 30.1. The number of aryl methyl sites for hydroxylation is 1. The number of benzene rings is 1. The summed E-state index contributed by atoms with van der Waals surface area (Å²) >= 11 is 3.57. The van der Waals surface area contributed by atoms with Gasteiger partial charge in [-0.3, -0.25) is 14.8 Å². The normalized spacial score (nSPS) is 19.1. The van der Waals surface area contributed by atoms with E-state index >= 15 is 0 Å². The van der Waals surface area contributed by atoms with Gasteiger partial charge in [-0.15, -0.1) is 0 Å². The Bertz CT molecular complexity index is 884. The summed E-state index contributed by atoms with van der Waals surface area (Å²) in [6.45, 7) is 4.82. The van der Waals surface area contributed by atoms with Crippen LogP contribution in [0.3, 0.4) is 0 Å². The van der Waals surface area contributed by atoms with Crippen LogP contribution in [0.15, 0.2) is 22.8 Å². The molecule has 0 radical (unpaired) electrons. The van der Waals surface area contributed by atoms with Crippen LogP contribution in [0.2, 0.25) is 0 Å². The minimum atomic E-state index is -0.321. The Labute approximate surface area is 178 Å². The van der Waals surface area contributed by atoms with Crippen LogP contribution in [-0.2, 0) is 11.2 Å². The minimum Gasteiger partial charge on any atom is -0.351 e. The van der Waals surface area contributed by atoms with E-state index in [1.807, 2.05) is 4.90 Å². The molecule has 2 aliphatic rings. The lowest BCUT2D eigenvalue weighted by molar-refractivity contribution is -0.133. The fraction of sp³-hybridized carbons (Fsp3) is 0.550. The van der Waals surface area contributed by atoms with Crippen LogP contribution in [0.4, 0.5) is 4.79 Å². The molecule has 2 fully saturated rings. The molecule has 3 heterocycles. The number of halogens is 1. The van der Waals surface area contributed by atoms with Gasteiger partial charge in [0.2, 0.25) is 5.91 Å². The lowest BCUT2D eigenvalue weighted by Crippen LogP contribution is -2.55. The van der Waals surface area contributed by atoms with E-state index in [4.69, 9.17) is 5.73 Å². The first kappa shape index (κ1) is 20.2. The van der Waals surface area contributed by atoms with Gasteiger partial charge in [0.25, 0.3) is 0 Å². The molecule has 2 aliphatic heterocycles. The van der Waals surface area contributed by atoms with Crippen molar-refractivity contribution in [1.82, 2.24) is 24.9 Å². The second-order valence-corrected chi connectivity index (χ2v) is 8.74. The molecular formula is C20H27BrN6O2. The van der Waals surface area contributed by atoms with Crippen molar-refractivity contribution >= 4 is 38.8 Å². The van der Waals surface area contributed by atoms with Gasteiger partial charge in [0.1, 0.15) is 0 Å². The van der Waals surface area contributed by atoms with Gasteiger partial charge in [0.15, 0.2) is 0 Å². The summed E-state index contributed by atoms with van der Waals surface area (Å²) < 4.78 is 0.978. The smallest absolute Gasteiger partial charge is 0.314 e. The Hall–Kier alpha value is -2.13. The number of amides is 3. The quantitative estimate of drug-likeness (QED) is 0.724. The third kappa shape index (κ3) is 4.56. The van der Waals surface area contributed by atoms with Crippen LogP contribution in [0.25, 0.3) is 10.9 Å². The highest BCUT2D eigenvalue weighted by atomic mass is 79.9. The highest BCUT2D eigenvalue weighted by molar-refractivity contribution is 9.10. The molecule has 0 atom stereocenters. The molecule has 0 unspecified atom stereocenters. The van der Waals surface area contributed by atoms with Gasteiger partial charge in [-0.25, -0.2) is 4.79 Å². The summed E-state index contributed by atoms with van der Waals surface area (Å²) in [7, 11) is 0. The van der Waals surface area contributed by atoms with Gasteiger partial charge in [-0.05, 0) is 52.9 Å². The molecule has 1 aromatic heterocycles. The summed E-state index contributed by atoms with van der Waals surface area (Å²) in [5.74, 6) is 0.219. The van der Waals surface area contributed by atoms with E-state index < -0.39 is 0 Å². The third-order valence-corrected chi connectivity index (χ3v) is 6.77. The lowest BCUT2D eigenvalue weighted by atomic mass is 10.0. The number of primary amides is 1. The Morgan fingerprint density at radius 3 is 2.52 bits per heavy atom. The van der Waals surface area contributed by atoms with Crippen LogP contribution >= 0.6 is 15.9 Å². The number of H-pyrrole nitrogens is 1. The highest BCUT2D eigenvalue weighted by Gasteiger charge is 2.29. The summed E-state index contributed by atoms with van der Waals surface area (Å²) in [5, 5.41) is 8.09. The Morgan fingerprint density at radius 1 is 1.10 bits per heavy atom. The Kier molecular flexibility index (Phi) is 6.05. The van der Waals surface area contributed by atoms with Crippen LogP contribution in [0.1, 0.15) is 24.8 Å². The lowest BCUT2D eigenvalue weighted by Gasteiger charge is -2.42. The molecule has 0 bridgehead atoms. The van der Waals surface area contributed by atoms with Crippen molar-refractivity contribution in [2.24, 2.45) is 5.73 Å². The van der Waals surface area contributed by atoms with Gasteiger partial charge in [-0.1, -0.05) is 0 Å². The molecule has 8 nitrogen and oxygen atoms in total. The first-order valence-electron chi connectivity index (χ1n) is 10.2. The molecule has 0 aliphatic carbocycles. The number of aromatic nitrogens is 2.